The number of phosphoric acid groups is 1. The van der Waals surface area contributed by atoms with Gasteiger partial charge in [-0.1, -0.05) is 379 Å². The molecule has 0 fully saturated rings. The van der Waals surface area contributed by atoms with Gasteiger partial charge in [0.05, 0.1) is 13.2 Å². The highest BCUT2D eigenvalue weighted by atomic mass is 31.2. The van der Waals surface area contributed by atoms with Crippen LogP contribution in [0, 0.1) is 0 Å². The highest BCUT2D eigenvalue weighted by Crippen LogP contribution is 2.43. The van der Waals surface area contributed by atoms with Gasteiger partial charge in [0, 0.05) is 19.4 Å². The summed E-state index contributed by atoms with van der Waals surface area (Å²) in [4.78, 5) is 35.5. The lowest BCUT2D eigenvalue weighted by Crippen LogP contribution is -2.29. The number of hydrogen-bond donors (Lipinski definition) is 2. The van der Waals surface area contributed by atoms with Crippen LogP contribution in [0.25, 0.3) is 0 Å². The third kappa shape index (κ3) is 79.3. The highest BCUT2D eigenvalue weighted by Gasteiger charge is 2.26. The van der Waals surface area contributed by atoms with Crippen LogP contribution in [-0.2, 0) is 32.7 Å². The second kappa shape index (κ2) is 79.4. The molecule has 0 aromatic rings. The minimum Gasteiger partial charge on any atom is -0.462 e. The summed E-state index contributed by atoms with van der Waals surface area (Å²) in [7, 11) is -4.40. The number of phosphoric ester groups is 1. The molecule has 0 aliphatic carbocycles. The van der Waals surface area contributed by atoms with Crippen LogP contribution >= 0.6 is 7.82 Å². The predicted octanol–water partition coefficient (Wildman–Crippen LogP) is 27.0. The van der Waals surface area contributed by atoms with E-state index in [9.17, 15) is 19.0 Å². The Bertz CT molecular complexity index is 1980. The molecule has 0 radical (unpaired) electrons. The Labute approximate surface area is 587 Å². The molecule has 0 saturated heterocycles. The van der Waals surface area contributed by atoms with Gasteiger partial charge in [-0.05, 0) is 103 Å². The zero-order valence-corrected chi connectivity index (χ0v) is 62.8. The number of allylic oxidation sites excluding steroid dienone is 20. The summed E-state index contributed by atoms with van der Waals surface area (Å²) in [6, 6.07) is 0. The second-order valence-electron chi connectivity index (χ2n) is 26.5. The molecule has 0 heterocycles. The van der Waals surface area contributed by atoms with Crippen molar-refractivity contribution in [1.82, 2.24) is 0 Å². The second-order valence-corrected chi connectivity index (χ2v) is 28.0. The van der Waals surface area contributed by atoms with E-state index in [2.05, 4.69) is 135 Å². The average molecular weight is 1350 g/mol. The minimum absolute atomic E-state index is 0.0525. The highest BCUT2D eigenvalue weighted by molar-refractivity contribution is 7.47. The predicted molar refractivity (Wildman–Crippen MR) is 413 cm³/mol. The van der Waals surface area contributed by atoms with Crippen molar-refractivity contribution in [3.05, 3.63) is 122 Å². The molecule has 548 valence electrons. The van der Waals surface area contributed by atoms with Crippen LogP contribution in [0.4, 0.5) is 0 Å². The zero-order chi connectivity index (χ0) is 68.6. The van der Waals surface area contributed by atoms with Crippen LogP contribution in [0.2, 0.25) is 0 Å². The van der Waals surface area contributed by atoms with Crippen LogP contribution in [0.15, 0.2) is 122 Å². The van der Waals surface area contributed by atoms with Gasteiger partial charge in [-0.2, -0.15) is 0 Å². The van der Waals surface area contributed by atoms with Crippen LogP contribution in [0.5, 0.6) is 0 Å². The molecule has 0 aromatic carbocycles. The van der Waals surface area contributed by atoms with E-state index < -0.39 is 26.5 Å². The van der Waals surface area contributed by atoms with Crippen LogP contribution in [0.1, 0.15) is 373 Å². The van der Waals surface area contributed by atoms with E-state index in [0.29, 0.717) is 6.42 Å². The summed E-state index contributed by atoms with van der Waals surface area (Å²) in [5.74, 6) is -0.811. The van der Waals surface area contributed by atoms with E-state index in [1.807, 2.05) is 0 Å². The van der Waals surface area contributed by atoms with Gasteiger partial charge in [0.25, 0.3) is 0 Å². The molecule has 0 rings (SSSR count). The van der Waals surface area contributed by atoms with Crippen LogP contribution in [0.3, 0.4) is 0 Å². The Hall–Kier alpha value is -3.59. The molecule has 0 aliphatic heterocycles. The molecule has 0 saturated carbocycles. The van der Waals surface area contributed by atoms with Gasteiger partial charge in [0.1, 0.15) is 6.61 Å². The molecule has 0 spiro atoms. The Morgan fingerprint density at radius 2 is 0.547 bits per heavy atom. The average Bonchev–Trinajstić information content (AvgIpc) is 3.16. The van der Waals surface area contributed by atoms with Gasteiger partial charge in [0.15, 0.2) is 6.10 Å². The van der Waals surface area contributed by atoms with Gasteiger partial charge >= 0.3 is 19.8 Å². The van der Waals surface area contributed by atoms with Crippen molar-refractivity contribution < 1.29 is 37.6 Å². The minimum atomic E-state index is -4.40. The van der Waals surface area contributed by atoms with E-state index in [1.165, 1.54) is 244 Å². The van der Waals surface area contributed by atoms with Crippen molar-refractivity contribution in [1.29, 1.82) is 0 Å². The summed E-state index contributed by atoms with van der Waals surface area (Å²) < 4.78 is 33.3. The lowest BCUT2D eigenvalue weighted by atomic mass is 10.0. The largest absolute Gasteiger partial charge is 0.472 e. The fraction of sp³-hybridized carbons (Fsp3) is 0.741. The standard InChI is InChI=1S/C85H150NO8P/c1-3-5-7-9-11-13-15-17-19-21-23-25-27-29-31-33-35-37-39-40-41-42-44-46-48-50-52-54-56-58-60-62-64-66-68-70-72-74-76-78-85(88)94-83(82-93-95(89,90)92-80-79-86)81-91-84(87)77-75-73-71-69-67-65-63-61-59-57-55-53-51-49-47-45-43-38-36-34-32-30-28-26-24-22-20-18-16-14-12-10-8-6-4-2/h5-8,11-14,17-20,23-26,29-32,83H,3-4,9-10,15-16,21-22,27-28,33-82,86H2,1-2H3,(H,89,90)/b7-5-,8-6-,13-11-,14-12-,19-17-,20-18-,25-23-,26-24-,31-29-,32-30-. The summed E-state index contributed by atoms with van der Waals surface area (Å²) in [5, 5.41) is 0. The number of rotatable bonds is 75. The molecule has 95 heavy (non-hydrogen) atoms. The first kappa shape index (κ1) is 91.4. The number of carbonyl (C=O) groups is 2. The smallest absolute Gasteiger partial charge is 0.462 e. The molecule has 3 N–H and O–H groups in total. The van der Waals surface area contributed by atoms with Crippen molar-refractivity contribution in [3.63, 3.8) is 0 Å². The topological polar surface area (TPSA) is 134 Å². The lowest BCUT2D eigenvalue weighted by Gasteiger charge is -2.19. The molecular formula is C85H150NO8P. The number of nitrogens with two attached hydrogens (primary N) is 1. The van der Waals surface area contributed by atoms with Crippen molar-refractivity contribution in [2.24, 2.45) is 5.73 Å². The van der Waals surface area contributed by atoms with Gasteiger partial charge in [-0.15, -0.1) is 0 Å². The maximum Gasteiger partial charge on any atom is 0.472 e. The van der Waals surface area contributed by atoms with Gasteiger partial charge < -0.3 is 20.1 Å². The molecule has 0 bridgehead atoms. The first-order valence-electron chi connectivity index (χ1n) is 40.0. The third-order valence-corrected chi connectivity index (χ3v) is 18.3. The van der Waals surface area contributed by atoms with Crippen molar-refractivity contribution in [3.8, 4) is 0 Å². The maximum absolute atomic E-state index is 12.8. The molecule has 0 aromatic heterocycles. The number of ether oxygens (including phenoxy) is 2. The summed E-state index contributed by atoms with van der Waals surface area (Å²) >= 11 is 0. The van der Waals surface area contributed by atoms with E-state index in [0.717, 1.165) is 96.3 Å². The molecule has 10 heteroatoms. The molecule has 2 unspecified atom stereocenters. The van der Waals surface area contributed by atoms with E-state index in [1.54, 1.807) is 0 Å². The number of carbonyl (C=O) groups excluding carboxylic acids is 2. The summed E-state index contributed by atoms with van der Waals surface area (Å²) in [6.07, 6.45) is 112. The number of unbranched alkanes of at least 4 members (excludes halogenated alkanes) is 42. The Balaban J connectivity index is 3.78. The third-order valence-electron chi connectivity index (χ3n) is 17.3. The van der Waals surface area contributed by atoms with E-state index >= 15 is 0 Å². The van der Waals surface area contributed by atoms with Gasteiger partial charge in [-0.25, -0.2) is 4.57 Å². The van der Waals surface area contributed by atoms with Gasteiger partial charge in [0.2, 0.25) is 0 Å². The number of hydrogen-bond acceptors (Lipinski definition) is 8. The van der Waals surface area contributed by atoms with Crippen molar-refractivity contribution in [2.75, 3.05) is 26.4 Å². The summed E-state index contributed by atoms with van der Waals surface area (Å²) in [5.41, 5.74) is 5.42. The molecule has 2 atom stereocenters. The molecular weight excluding hydrogens is 1190 g/mol. The van der Waals surface area contributed by atoms with E-state index in [4.69, 9.17) is 24.3 Å². The molecule has 0 aliphatic rings. The summed E-state index contributed by atoms with van der Waals surface area (Å²) in [6.45, 7) is 3.57. The van der Waals surface area contributed by atoms with Crippen molar-refractivity contribution in [2.45, 2.75) is 380 Å². The zero-order valence-electron chi connectivity index (χ0n) is 61.9. The number of esters is 2. The Kier molecular flexibility index (Phi) is 76.4. The molecule has 0 amide bonds. The maximum atomic E-state index is 12.8. The molecule has 9 nitrogen and oxygen atoms in total. The van der Waals surface area contributed by atoms with Crippen LogP contribution < -0.4 is 5.73 Å². The SMILES string of the molecule is CC/C=C\C/C=C\C/C=C\C/C=C\C/C=C\CCCCCCCCCCCCCCCCCCCCCCCCCC(=O)OC(COC(=O)CCCCCCCCCCCCCCCCCCCCC/C=C\C/C=C\C/C=C\C/C=C\C/C=C\CC)COP(=O)(O)OCCN. The van der Waals surface area contributed by atoms with Gasteiger partial charge in [-0.3, -0.25) is 18.6 Å². The fourth-order valence-corrected chi connectivity index (χ4v) is 12.3. The van der Waals surface area contributed by atoms with E-state index in [-0.39, 0.29) is 38.6 Å². The normalized spacial score (nSPS) is 13.5. The first-order chi connectivity index (χ1) is 46.8. The monoisotopic (exact) mass is 1340 g/mol. The Morgan fingerprint density at radius 3 is 0.811 bits per heavy atom. The lowest BCUT2D eigenvalue weighted by molar-refractivity contribution is -0.161. The van der Waals surface area contributed by atoms with Crippen molar-refractivity contribution >= 4 is 19.8 Å². The fourth-order valence-electron chi connectivity index (χ4n) is 11.5. The first-order valence-corrected chi connectivity index (χ1v) is 41.5. The van der Waals surface area contributed by atoms with Crippen LogP contribution in [-0.4, -0.2) is 49.3 Å². The quantitative estimate of drug-likeness (QED) is 0.0264. The Morgan fingerprint density at radius 1 is 0.316 bits per heavy atom.